The molecule has 146 valence electrons. The van der Waals surface area contributed by atoms with E-state index in [0.29, 0.717) is 25.0 Å². The first-order valence-electron chi connectivity index (χ1n) is 7.78. The minimum absolute atomic E-state index is 0.0641. The lowest BCUT2D eigenvalue weighted by Gasteiger charge is -2.24. The first-order chi connectivity index (χ1) is 12.2. The summed E-state index contributed by atoms with van der Waals surface area (Å²) in [6.07, 6.45) is -0.259. The number of nitro groups is 1. The van der Waals surface area contributed by atoms with Gasteiger partial charge in [-0.05, 0) is 25.0 Å². The van der Waals surface area contributed by atoms with Crippen LogP contribution in [0.1, 0.15) is 37.0 Å². The Morgan fingerprint density at radius 1 is 1.38 bits per heavy atom. The number of ether oxygens (including phenoxy) is 1. The fourth-order valence-electron chi connectivity index (χ4n) is 2.17. The SMILES string of the molecule is COCCCC(=O)NCc1ccc([N+](=O)[O-])c(C(C)OP(=O)([O-])OC)c1. The number of rotatable bonds is 11. The van der Waals surface area contributed by atoms with Crippen molar-refractivity contribution >= 4 is 19.4 Å². The van der Waals surface area contributed by atoms with Crippen LogP contribution >= 0.6 is 7.82 Å². The van der Waals surface area contributed by atoms with Gasteiger partial charge in [0.15, 0.2) is 0 Å². The van der Waals surface area contributed by atoms with E-state index in [9.17, 15) is 24.4 Å². The number of hydrogen-bond acceptors (Lipinski definition) is 8. The molecule has 0 radical (unpaired) electrons. The van der Waals surface area contributed by atoms with Gasteiger partial charge >= 0.3 is 0 Å². The van der Waals surface area contributed by atoms with Gasteiger partial charge < -0.3 is 24.0 Å². The van der Waals surface area contributed by atoms with E-state index in [2.05, 4.69) is 9.84 Å². The molecule has 0 saturated heterocycles. The van der Waals surface area contributed by atoms with Crippen LogP contribution in [0.25, 0.3) is 0 Å². The summed E-state index contributed by atoms with van der Waals surface area (Å²) in [5.74, 6) is -0.185. The molecule has 0 heterocycles. The van der Waals surface area contributed by atoms with E-state index in [1.807, 2.05) is 0 Å². The summed E-state index contributed by atoms with van der Waals surface area (Å²) in [5, 5.41) is 13.9. The van der Waals surface area contributed by atoms with Gasteiger partial charge in [0, 0.05) is 39.9 Å². The van der Waals surface area contributed by atoms with Gasteiger partial charge in [-0.1, -0.05) is 6.07 Å². The standard InChI is InChI=1S/C15H23N2O8P/c1-11(25-26(21,22)24-3)13-9-12(6-7-14(13)17(19)20)10-16-15(18)5-4-8-23-2/h6-7,9,11H,4-5,8,10H2,1-3H3,(H,16,18)(H,21,22)/p-1. The average Bonchev–Trinajstić information content (AvgIpc) is 2.59. The Bertz CT molecular complexity index is 682. The van der Waals surface area contributed by atoms with Crippen LogP contribution in [0.5, 0.6) is 0 Å². The first-order valence-corrected chi connectivity index (χ1v) is 9.24. The molecule has 1 amide bonds. The van der Waals surface area contributed by atoms with Gasteiger partial charge in [-0.15, -0.1) is 0 Å². The number of nitrogens with one attached hydrogen (secondary N) is 1. The number of nitro benzene ring substituents is 1. The van der Waals surface area contributed by atoms with E-state index in [-0.39, 0.29) is 23.7 Å². The number of amides is 1. The molecule has 1 N–H and O–H groups in total. The summed E-state index contributed by atoms with van der Waals surface area (Å²) < 4.78 is 25.3. The minimum Gasteiger partial charge on any atom is -0.756 e. The molecule has 0 saturated carbocycles. The van der Waals surface area contributed by atoms with Gasteiger partial charge in [-0.25, -0.2) is 0 Å². The van der Waals surface area contributed by atoms with Crippen molar-refractivity contribution in [2.45, 2.75) is 32.4 Å². The van der Waals surface area contributed by atoms with Gasteiger partial charge in [0.25, 0.3) is 13.5 Å². The highest BCUT2D eigenvalue weighted by atomic mass is 31.2. The molecule has 0 aromatic heterocycles. The van der Waals surface area contributed by atoms with Gasteiger partial charge in [0.2, 0.25) is 5.91 Å². The zero-order valence-electron chi connectivity index (χ0n) is 14.8. The summed E-state index contributed by atoms with van der Waals surface area (Å²) in [7, 11) is -2.08. The van der Waals surface area contributed by atoms with Crippen LogP contribution in [0.3, 0.4) is 0 Å². The number of carbonyl (C=O) groups is 1. The van der Waals surface area contributed by atoms with Crippen LogP contribution < -0.4 is 10.2 Å². The molecule has 0 aliphatic heterocycles. The van der Waals surface area contributed by atoms with Gasteiger partial charge in [-0.2, -0.15) is 0 Å². The number of nitrogens with zero attached hydrogens (tertiary/aromatic N) is 1. The highest BCUT2D eigenvalue weighted by Gasteiger charge is 2.23. The van der Waals surface area contributed by atoms with E-state index in [0.717, 1.165) is 7.11 Å². The van der Waals surface area contributed by atoms with Crippen molar-refractivity contribution in [1.82, 2.24) is 5.32 Å². The maximum Gasteiger partial charge on any atom is 0.275 e. The monoisotopic (exact) mass is 389 g/mol. The molecule has 2 atom stereocenters. The summed E-state index contributed by atoms with van der Waals surface area (Å²) in [6, 6.07) is 4.15. The summed E-state index contributed by atoms with van der Waals surface area (Å²) in [5.41, 5.74) is 0.345. The highest BCUT2D eigenvalue weighted by molar-refractivity contribution is 7.45. The molecule has 1 aromatic rings. The third-order valence-electron chi connectivity index (χ3n) is 3.48. The van der Waals surface area contributed by atoms with Crippen molar-refractivity contribution in [3.8, 4) is 0 Å². The van der Waals surface area contributed by atoms with Crippen LogP contribution in [0, 0.1) is 10.1 Å². The second kappa shape index (κ2) is 10.3. The third-order valence-corrected chi connectivity index (χ3v) is 4.50. The maximum absolute atomic E-state index is 11.7. The Balaban J connectivity index is 2.88. The maximum atomic E-state index is 11.7. The fourth-order valence-corrected chi connectivity index (χ4v) is 2.75. The van der Waals surface area contributed by atoms with Crippen LogP contribution in [-0.4, -0.2) is 31.7 Å². The number of benzene rings is 1. The Kier molecular flexibility index (Phi) is 8.83. The number of carbonyl (C=O) groups excluding carboxylic acids is 1. The molecule has 11 heteroatoms. The molecule has 0 aliphatic carbocycles. The molecule has 1 rings (SSSR count). The summed E-state index contributed by atoms with van der Waals surface area (Å²) in [6.45, 7) is 1.97. The smallest absolute Gasteiger partial charge is 0.275 e. The Hall–Kier alpha value is -1.84. The Morgan fingerprint density at radius 3 is 2.65 bits per heavy atom. The van der Waals surface area contributed by atoms with E-state index < -0.39 is 18.8 Å². The van der Waals surface area contributed by atoms with E-state index in [1.54, 1.807) is 7.11 Å². The topological polar surface area (TPSA) is 140 Å². The zero-order valence-corrected chi connectivity index (χ0v) is 15.7. The fraction of sp³-hybridized carbons (Fsp3) is 0.533. The molecule has 2 unspecified atom stereocenters. The minimum atomic E-state index is -4.56. The average molecular weight is 389 g/mol. The van der Waals surface area contributed by atoms with Crippen LogP contribution in [0.2, 0.25) is 0 Å². The van der Waals surface area contributed by atoms with Crippen LogP contribution in [0.4, 0.5) is 5.69 Å². The van der Waals surface area contributed by atoms with Crippen LogP contribution in [-0.2, 0) is 29.7 Å². The summed E-state index contributed by atoms with van der Waals surface area (Å²) in [4.78, 5) is 33.7. The number of hydrogen-bond donors (Lipinski definition) is 1. The van der Waals surface area contributed by atoms with E-state index >= 15 is 0 Å². The summed E-state index contributed by atoms with van der Waals surface area (Å²) >= 11 is 0. The molecule has 0 aliphatic rings. The molecule has 0 spiro atoms. The lowest BCUT2D eigenvalue weighted by atomic mass is 10.0. The molecule has 10 nitrogen and oxygen atoms in total. The zero-order chi connectivity index (χ0) is 19.7. The van der Waals surface area contributed by atoms with Gasteiger partial charge in [0.1, 0.15) is 0 Å². The molecule has 1 aromatic carbocycles. The lowest BCUT2D eigenvalue weighted by Crippen LogP contribution is -2.23. The normalized spacial score (nSPS) is 14.5. The van der Waals surface area contributed by atoms with Gasteiger partial charge in [-0.3, -0.25) is 19.5 Å². The lowest BCUT2D eigenvalue weighted by molar-refractivity contribution is -0.386. The van der Waals surface area contributed by atoms with Crippen LogP contribution in [0.15, 0.2) is 18.2 Å². The van der Waals surface area contributed by atoms with Crippen molar-refractivity contribution < 1.29 is 33.0 Å². The molecule has 0 fully saturated rings. The Labute approximate surface area is 151 Å². The second-order valence-electron chi connectivity index (χ2n) is 5.40. The third kappa shape index (κ3) is 7.19. The van der Waals surface area contributed by atoms with Gasteiger partial charge in [0.05, 0.1) is 16.6 Å². The molecular weight excluding hydrogens is 367 g/mol. The largest absolute Gasteiger partial charge is 0.756 e. The molecule has 0 bridgehead atoms. The quantitative estimate of drug-likeness (QED) is 0.262. The number of phosphoric ester groups is 1. The number of methoxy groups -OCH3 is 1. The van der Waals surface area contributed by atoms with Crippen molar-refractivity contribution in [2.75, 3.05) is 20.8 Å². The van der Waals surface area contributed by atoms with Crippen molar-refractivity contribution in [2.24, 2.45) is 0 Å². The van der Waals surface area contributed by atoms with E-state index in [1.165, 1.54) is 25.1 Å². The second-order valence-corrected chi connectivity index (χ2v) is 6.87. The van der Waals surface area contributed by atoms with Crippen molar-refractivity contribution in [3.05, 3.63) is 39.4 Å². The highest BCUT2D eigenvalue weighted by Crippen LogP contribution is 2.44. The predicted molar refractivity (Wildman–Crippen MR) is 90.2 cm³/mol. The molecular formula is C15H22N2O8P-. The predicted octanol–water partition coefficient (Wildman–Crippen LogP) is 1.83. The first kappa shape index (κ1) is 22.2. The molecule has 26 heavy (non-hydrogen) atoms. The van der Waals surface area contributed by atoms with E-state index in [4.69, 9.17) is 9.26 Å². The van der Waals surface area contributed by atoms with Crippen molar-refractivity contribution in [3.63, 3.8) is 0 Å². The van der Waals surface area contributed by atoms with Crippen molar-refractivity contribution in [1.29, 1.82) is 0 Å². The number of phosphoric acid groups is 1. The Morgan fingerprint density at radius 2 is 2.08 bits per heavy atom.